The van der Waals surface area contributed by atoms with Gasteiger partial charge in [0.15, 0.2) is 0 Å². The van der Waals surface area contributed by atoms with Crippen molar-refractivity contribution in [2.24, 2.45) is 0 Å². The lowest BCUT2D eigenvalue weighted by Gasteiger charge is -2.26. The van der Waals surface area contributed by atoms with Crippen LogP contribution in [0.4, 0.5) is 4.79 Å². The maximum Gasteiger partial charge on any atom is 0.411 e. The van der Waals surface area contributed by atoms with E-state index in [-0.39, 0.29) is 13.0 Å². The second-order valence-corrected chi connectivity index (χ2v) is 8.37. The smallest absolute Gasteiger partial charge is 0.411 e. The van der Waals surface area contributed by atoms with Gasteiger partial charge in [-0.15, -0.1) is 0 Å². The molecule has 1 fully saturated rings. The molecule has 0 radical (unpaired) electrons. The number of carbonyl (C=O) groups is 2. The number of aliphatic carboxylic acids is 1. The fraction of sp³-hybridized carbons (Fsp3) is 0.600. The Morgan fingerprint density at radius 3 is 2.56 bits per heavy atom. The lowest BCUT2D eigenvalue weighted by atomic mass is 9.99. The normalized spacial score (nSPS) is 21.0. The van der Waals surface area contributed by atoms with Crippen molar-refractivity contribution in [1.82, 2.24) is 4.90 Å². The van der Waals surface area contributed by atoms with Gasteiger partial charge >= 0.3 is 12.1 Å². The van der Waals surface area contributed by atoms with Crippen LogP contribution in [0.25, 0.3) is 0 Å². The zero-order chi connectivity index (χ0) is 20.4. The predicted octanol–water partition coefficient (Wildman–Crippen LogP) is 4.69. The Labute approximate surface area is 165 Å². The minimum Gasteiger partial charge on any atom is -0.487 e. The average Bonchev–Trinajstić information content (AvgIpc) is 2.99. The number of hydrogen-bond donors (Lipinski definition) is 1. The van der Waals surface area contributed by atoms with Crippen molar-refractivity contribution >= 4 is 23.7 Å². The summed E-state index contributed by atoms with van der Waals surface area (Å²) in [5, 5.41) is 9.94. The maximum atomic E-state index is 12.4. The third kappa shape index (κ3) is 5.51. The zero-order valence-corrected chi connectivity index (χ0v) is 17.2. The van der Waals surface area contributed by atoms with Crippen LogP contribution in [0, 0.1) is 0 Å². The van der Waals surface area contributed by atoms with Gasteiger partial charge in [-0.1, -0.05) is 31.5 Å². The Hall–Kier alpha value is -1.95. The molecule has 2 rings (SSSR count). The standard InChI is InChI=1S/C20H28ClNO5/c1-6-12(2)13-7-8-17(15(21)9-13)26-14-10-16(18(23)24)22(11-14)19(25)27-20(3,4)5/h7-9,12,14,16H,6,10-11H2,1-5H3,(H,23,24)/t12?,14-,16-/m0/s1. The number of halogens is 1. The Balaban J connectivity index is 2.12. The summed E-state index contributed by atoms with van der Waals surface area (Å²) in [6, 6.07) is 4.66. The number of rotatable bonds is 5. The molecular formula is C20H28ClNO5. The number of carboxylic acids is 1. The van der Waals surface area contributed by atoms with E-state index in [9.17, 15) is 14.7 Å². The summed E-state index contributed by atoms with van der Waals surface area (Å²) in [5.74, 6) is -0.198. The van der Waals surface area contributed by atoms with Crippen LogP contribution >= 0.6 is 11.6 Å². The van der Waals surface area contributed by atoms with Crippen molar-refractivity contribution < 1.29 is 24.2 Å². The Kier molecular flexibility index (Phi) is 6.63. The summed E-state index contributed by atoms with van der Waals surface area (Å²) >= 11 is 6.35. The fourth-order valence-corrected chi connectivity index (χ4v) is 3.21. The van der Waals surface area contributed by atoms with E-state index in [4.69, 9.17) is 21.1 Å². The van der Waals surface area contributed by atoms with Gasteiger partial charge in [-0.25, -0.2) is 9.59 Å². The molecule has 6 nitrogen and oxygen atoms in total. The second-order valence-electron chi connectivity index (χ2n) is 7.96. The van der Waals surface area contributed by atoms with Crippen LogP contribution in [0.2, 0.25) is 5.02 Å². The highest BCUT2D eigenvalue weighted by Crippen LogP contribution is 2.32. The number of nitrogens with zero attached hydrogens (tertiary/aromatic N) is 1. The number of ether oxygens (including phenoxy) is 2. The first-order chi connectivity index (χ1) is 12.5. The molecule has 27 heavy (non-hydrogen) atoms. The second kappa shape index (κ2) is 8.38. The highest BCUT2D eigenvalue weighted by molar-refractivity contribution is 6.32. The summed E-state index contributed by atoms with van der Waals surface area (Å²) in [6.45, 7) is 9.59. The molecule has 0 aromatic heterocycles. The lowest BCUT2D eigenvalue weighted by molar-refractivity contribution is -0.142. The van der Waals surface area contributed by atoms with Crippen molar-refractivity contribution in [1.29, 1.82) is 0 Å². The largest absolute Gasteiger partial charge is 0.487 e. The van der Waals surface area contributed by atoms with Gasteiger partial charge in [0.2, 0.25) is 0 Å². The molecule has 150 valence electrons. The third-order valence-electron chi connectivity index (χ3n) is 4.61. The highest BCUT2D eigenvalue weighted by Gasteiger charge is 2.42. The molecule has 0 spiro atoms. The molecule has 3 atom stereocenters. The van der Waals surface area contributed by atoms with E-state index in [2.05, 4.69) is 13.8 Å². The van der Waals surface area contributed by atoms with Crippen molar-refractivity contribution in [2.45, 2.75) is 71.1 Å². The highest BCUT2D eigenvalue weighted by atomic mass is 35.5. The molecule has 1 amide bonds. The van der Waals surface area contributed by atoms with Gasteiger partial charge in [0.25, 0.3) is 0 Å². The van der Waals surface area contributed by atoms with Crippen LogP contribution in [-0.4, -0.2) is 46.4 Å². The number of carboxylic acid groups (broad SMARTS) is 1. The monoisotopic (exact) mass is 397 g/mol. The minimum absolute atomic E-state index is 0.134. The van der Waals surface area contributed by atoms with Gasteiger partial charge in [-0.2, -0.15) is 0 Å². The Bertz CT molecular complexity index is 700. The molecule has 1 aliphatic rings. The molecule has 0 saturated carbocycles. The van der Waals surface area contributed by atoms with Crippen molar-refractivity contribution in [3.05, 3.63) is 28.8 Å². The number of likely N-dealkylation sites (tertiary alicyclic amines) is 1. The molecule has 0 aliphatic carbocycles. The molecule has 1 heterocycles. The van der Waals surface area contributed by atoms with E-state index in [1.807, 2.05) is 12.1 Å². The molecule has 1 saturated heterocycles. The summed E-state index contributed by atoms with van der Waals surface area (Å²) < 4.78 is 11.2. The predicted molar refractivity (Wildman–Crippen MR) is 104 cm³/mol. The van der Waals surface area contributed by atoms with Crippen molar-refractivity contribution in [3.63, 3.8) is 0 Å². The molecule has 1 N–H and O–H groups in total. The van der Waals surface area contributed by atoms with Crippen LogP contribution in [0.1, 0.15) is 58.9 Å². The van der Waals surface area contributed by atoms with Crippen LogP contribution in [-0.2, 0) is 9.53 Å². The summed E-state index contributed by atoms with van der Waals surface area (Å²) in [5.41, 5.74) is 0.425. The first-order valence-corrected chi connectivity index (χ1v) is 9.58. The number of amides is 1. The van der Waals surface area contributed by atoms with E-state index in [0.29, 0.717) is 16.7 Å². The van der Waals surface area contributed by atoms with Gasteiger partial charge in [-0.3, -0.25) is 4.90 Å². The number of carbonyl (C=O) groups excluding carboxylic acids is 1. The van der Waals surface area contributed by atoms with Gasteiger partial charge in [0.05, 0.1) is 11.6 Å². The van der Waals surface area contributed by atoms with Crippen LogP contribution in [0.15, 0.2) is 18.2 Å². The number of hydrogen-bond acceptors (Lipinski definition) is 4. The van der Waals surface area contributed by atoms with Gasteiger partial charge < -0.3 is 14.6 Å². The van der Waals surface area contributed by atoms with E-state index < -0.39 is 29.8 Å². The average molecular weight is 398 g/mol. The molecule has 1 aromatic rings. The maximum absolute atomic E-state index is 12.4. The number of benzene rings is 1. The Morgan fingerprint density at radius 1 is 1.37 bits per heavy atom. The molecule has 1 unspecified atom stereocenters. The van der Waals surface area contributed by atoms with E-state index >= 15 is 0 Å². The molecular weight excluding hydrogens is 370 g/mol. The first-order valence-electron chi connectivity index (χ1n) is 9.20. The molecule has 0 bridgehead atoms. The van der Waals surface area contributed by atoms with E-state index in [0.717, 1.165) is 12.0 Å². The minimum atomic E-state index is -1.08. The van der Waals surface area contributed by atoms with Gasteiger partial charge in [0, 0.05) is 6.42 Å². The third-order valence-corrected chi connectivity index (χ3v) is 4.90. The van der Waals surface area contributed by atoms with Crippen LogP contribution < -0.4 is 4.74 Å². The van der Waals surface area contributed by atoms with Crippen LogP contribution in [0.3, 0.4) is 0 Å². The topological polar surface area (TPSA) is 76.1 Å². The summed E-state index contributed by atoms with van der Waals surface area (Å²) in [7, 11) is 0. The quantitative estimate of drug-likeness (QED) is 0.779. The molecule has 1 aliphatic heterocycles. The van der Waals surface area contributed by atoms with Gasteiger partial charge in [0.1, 0.15) is 23.5 Å². The molecule has 7 heteroatoms. The SMILES string of the molecule is CCC(C)c1ccc(O[C@H]2C[C@@H](C(=O)O)N(C(=O)OC(C)(C)C)C2)c(Cl)c1. The van der Waals surface area contributed by atoms with Crippen molar-refractivity contribution in [3.8, 4) is 5.75 Å². The summed E-state index contributed by atoms with van der Waals surface area (Å²) in [6.07, 6.45) is 0.0623. The molecule has 1 aromatic carbocycles. The van der Waals surface area contributed by atoms with Crippen molar-refractivity contribution in [2.75, 3.05) is 6.54 Å². The summed E-state index contributed by atoms with van der Waals surface area (Å²) in [4.78, 5) is 25.1. The van der Waals surface area contributed by atoms with Gasteiger partial charge in [-0.05, 0) is 50.8 Å². The van der Waals surface area contributed by atoms with E-state index in [1.165, 1.54) is 4.90 Å². The lowest BCUT2D eigenvalue weighted by Crippen LogP contribution is -2.43. The fourth-order valence-electron chi connectivity index (χ4n) is 2.97. The Morgan fingerprint density at radius 2 is 2.04 bits per heavy atom. The van der Waals surface area contributed by atoms with E-state index in [1.54, 1.807) is 26.8 Å². The zero-order valence-electron chi connectivity index (χ0n) is 16.5. The first kappa shape index (κ1) is 21.4. The van der Waals surface area contributed by atoms with Crippen LogP contribution in [0.5, 0.6) is 5.75 Å².